The number of carbonyl (C=O) groups is 1. The maximum Gasteiger partial charge on any atom is 0.328 e. The SMILES string of the molecule is O=C(O)C=Cc1ccc(COCC2CCOC2)cc1. The number of aliphatic carboxylic acids is 1. The molecule has 0 bridgehead atoms. The second-order valence-electron chi connectivity index (χ2n) is 4.66. The van der Waals surface area contributed by atoms with E-state index in [-0.39, 0.29) is 0 Å². The molecule has 2 rings (SSSR count). The highest BCUT2D eigenvalue weighted by Gasteiger charge is 2.15. The molecule has 1 aromatic rings. The topological polar surface area (TPSA) is 55.8 Å². The van der Waals surface area contributed by atoms with E-state index < -0.39 is 5.97 Å². The zero-order valence-electron chi connectivity index (χ0n) is 10.7. The molecule has 0 aliphatic carbocycles. The van der Waals surface area contributed by atoms with Crippen LogP contribution in [0.4, 0.5) is 0 Å². The van der Waals surface area contributed by atoms with Crippen LogP contribution in [0.1, 0.15) is 17.5 Å². The van der Waals surface area contributed by atoms with Gasteiger partial charge in [0.05, 0.1) is 19.8 Å². The Morgan fingerprint density at radius 1 is 1.42 bits per heavy atom. The Morgan fingerprint density at radius 3 is 2.84 bits per heavy atom. The van der Waals surface area contributed by atoms with Crippen LogP contribution in [-0.2, 0) is 20.9 Å². The molecule has 0 aromatic heterocycles. The second-order valence-corrected chi connectivity index (χ2v) is 4.66. The van der Waals surface area contributed by atoms with Gasteiger partial charge in [-0.1, -0.05) is 24.3 Å². The fourth-order valence-electron chi connectivity index (χ4n) is 1.95. The molecule has 0 radical (unpaired) electrons. The number of rotatable bonds is 6. The minimum absolute atomic E-state index is 0.526. The summed E-state index contributed by atoms with van der Waals surface area (Å²) in [4.78, 5) is 10.4. The molecule has 102 valence electrons. The van der Waals surface area contributed by atoms with Gasteiger partial charge < -0.3 is 14.6 Å². The van der Waals surface area contributed by atoms with Gasteiger partial charge in [-0.25, -0.2) is 4.79 Å². The molecule has 1 N–H and O–H groups in total. The van der Waals surface area contributed by atoms with Crippen molar-refractivity contribution in [3.05, 3.63) is 41.5 Å². The maximum absolute atomic E-state index is 10.4. The van der Waals surface area contributed by atoms with E-state index in [4.69, 9.17) is 14.6 Å². The Hall–Kier alpha value is -1.65. The minimum atomic E-state index is -0.939. The van der Waals surface area contributed by atoms with Crippen molar-refractivity contribution in [3.63, 3.8) is 0 Å². The predicted molar refractivity (Wildman–Crippen MR) is 71.7 cm³/mol. The average Bonchev–Trinajstić information content (AvgIpc) is 2.91. The van der Waals surface area contributed by atoms with Gasteiger partial charge in [-0.05, 0) is 23.6 Å². The Kier molecular flexibility index (Phi) is 5.12. The highest BCUT2D eigenvalue weighted by Crippen LogP contribution is 2.14. The molecule has 1 aromatic carbocycles. The molecule has 1 aliphatic heterocycles. The third kappa shape index (κ3) is 4.85. The van der Waals surface area contributed by atoms with Crippen molar-refractivity contribution in [1.82, 2.24) is 0 Å². The first-order valence-corrected chi connectivity index (χ1v) is 6.39. The summed E-state index contributed by atoms with van der Waals surface area (Å²) in [6.45, 7) is 2.97. The Morgan fingerprint density at radius 2 is 2.21 bits per heavy atom. The molecule has 1 atom stereocenters. The van der Waals surface area contributed by atoms with Gasteiger partial charge in [0.2, 0.25) is 0 Å². The lowest BCUT2D eigenvalue weighted by Crippen LogP contribution is -2.09. The van der Waals surface area contributed by atoms with E-state index in [2.05, 4.69) is 0 Å². The molecule has 1 unspecified atom stereocenters. The van der Waals surface area contributed by atoms with Gasteiger partial charge in [0.25, 0.3) is 0 Å². The van der Waals surface area contributed by atoms with Gasteiger partial charge in [-0.3, -0.25) is 0 Å². The van der Waals surface area contributed by atoms with Crippen LogP contribution >= 0.6 is 0 Å². The van der Waals surface area contributed by atoms with E-state index in [0.717, 1.165) is 43.4 Å². The largest absolute Gasteiger partial charge is 0.478 e. The van der Waals surface area contributed by atoms with Crippen molar-refractivity contribution in [2.75, 3.05) is 19.8 Å². The molecule has 4 heteroatoms. The Labute approximate surface area is 112 Å². The monoisotopic (exact) mass is 262 g/mol. The summed E-state index contributed by atoms with van der Waals surface area (Å²) in [5.74, 6) is -0.413. The average molecular weight is 262 g/mol. The van der Waals surface area contributed by atoms with E-state index >= 15 is 0 Å². The quantitative estimate of drug-likeness (QED) is 0.799. The zero-order valence-corrected chi connectivity index (χ0v) is 10.7. The van der Waals surface area contributed by atoms with Crippen LogP contribution in [0.5, 0.6) is 0 Å². The standard InChI is InChI=1S/C15H18O4/c16-15(17)6-5-12-1-3-13(4-2-12)9-19-11-14-7-8-18-10-14/h1-6,14H,7-11H2,(H,16,17). The van der Waals surface area contributed by atoms with Crippen LogP contribution in [0, 0.1) is 5.92 Å². The van der Waals surface area contributed by atoms with E-state index in [1.165, 1.54) is 0 Å². The third-order valence-corrected chi connectivity index (χ3v) is 3.04. The molecule has 0 spiro atoms. The molecule has 0 saturated carbocycles. The van der Waals surface area contributed by atoms with Crippen LogP contribution in [0.15, 0.2) is 30.3 Å². The molecule has 1 saturated heterocycles. The summed E-state index contributed by atoms with van der Waals surface area (Å²) in [6.07, 6.45) is 3.79. The predicted octanol–water partition coefficient (Wildman–Crippen LogP) is 2.34. The first kappa shape index (κ1) is 13.8. The molecular formula is C15H18O4. The molecule has 1 heterocycles. The lowest BCUT2D eigenvalue weighted by molar-refractivity contribution is -0.131. The van der Waals surface area contributed by atoms with Crippen LogP contribution in [0.25, 0.3) is 6.08 Å². The van der Waals surface area contributed by atoms with Gasteiger partial charge in [-0.15, -0.1) is 0 Å². The smallest absolute Gasteiger partial charge is 0.328 e. The molecule has 0 amide bonds. The fraction of sp³-hybridized carbons (Fsp3) is 0.400. The molecule has 1 fully saturated rings. The maximum atomic E-state index is 10.4. The number of hydrogen-bond donors (Lipinski definition) is 1. The first-order chi connectivity index (χ1) is 9.24. The van der Waals surface area contributed by atoms with Gasteiger partial charge in [0.1, 0.15) is 0 Å². The van der Waals surface area contributed by atoms with Crippen LogP contribution < -0.4 is 0 Å². The lowest BCUT2D eigenvalue weighted by Gasteiger charge is -2.08. The van der Waals surface area contributed by atoms with Crippen LogP contribution in [0.2, 0.25) is 0 Å². The van der Waals surface area contributed by atoms with Crippen LogP contribution in [0.3, 0.4) is 0 Å². The Bertz CT molecular complexity index is 430. The van der Waals surface area contributed by atoms with E-state index in [1.54, 1.807) is 6.08 Å². The minimum Gasteiger partial charge on any atom is -0.478 e. The Balaban J connectivity index is 1.76. The van der Waals surface area contributed by atoms with Gasteiger partial charge in [0.15, 0.2) is 0 Å². The van der Waals surface area contributed by atoms with Crippen LogP contribution in [-0.4, -0.2) is 30.9 Å². The van der Waals surface area contributed by atoms with Gasteiger partial charge >= 0.3 is 5.97 Å². The first-order valence-electron chi connectivity index (χ1n) is 6.39. The van der Waals surface area contributed by atoms with E-state index in [9.17, 15) is 4.79 Å². The summed E-state index contributed by atoms with van der Waals surface area (Å²) < 4.78 is 10.9. The fourth-order valence-corrected chi connectivity index (χ4v) is 1.95. The molecule has 1 aliphatic rings. The lowest BCUT2D eigenvalue weighted by atomic mass is 10.1. The van der Waals surface area contributed by atoms with Crippen molar-refractivity contribution in [3.8, 4) is 0 Å². The summed E-state index contributed by atoms with van der Waals surface area (Å²) in [5.41, 5.74) is 1.96. The van der Waals surface area contributed by atoms with Crippen molar-refractivity contribution < 1.29 is 19.4 Å². The zero-order chi connectivity index (χ0) is 13.5. The summed E-state index contributed by atoms with van der Waals surface area (Å²) in [5, 5.41) is 8.53. The normalized spacial score (nSPS) is 19.1. The van der Waals surface area contributed by atoms with Crippen molar-refractivity contribution in [2.24, 2.45) is 5.92 Å². The second kappa shape index (κ2) is 7.07. The molecule has 19 heavy (non-hydrogen) atoms. The van der Waals surface area contributed by atoms with Gasteiger partial charge in [-0.2, -0.15) is 0 Å². The summed E-state index contributed by atoms with van der Waals surface area (Å²) in [6, 6.07) is 7.67. The third-order valence-electron chi connectivity index (χ3n) is 3.04. The van der Waals surface area contributed by atoms with Crippen molar-refractivity contribution >= 4 is 12.0 Å². The van der Waals surface area contributed by atoms with E-state index in [0.29, 0.717) is 12.5 Å². The number of ether oxygens (including phenoxy) is 2. The van der Waals surface area contributed by atoms with Crippen molar-refractivity contribution in [2.45, 2.75) is 13.0 Å². The highest BCUT2D eigenvalue weighted by molar-refractivity contribution is 5.85. The highest BCUT2D eigenvalue weighted by atomic mass is 16.5. The van der Waals surface area contributed by atoms with E-state index in [1.807, 2.05) is 24.3 Å². The molecular weight excluding hydrogens is 244 g/mol. The summed E-state index contributed by atoms with van der Waals surface area (Å²) >= 11 is 0. The van der Waals surface area contributed by atoms with Crippen molar-refractivity contribution in [1.29, 1.82) is 0 Å². The number of carboxylic acids is 1. The molecule has 4 nitrogen and oxygen atoms in total. The summed E-state index contributed by atoms with van der Waals surface area (Å²) in [7, 11) is 0. The number of carboxylic acid groups (broad SMARTS) is 1. The van der Waals surface area contributed by atoms with Gasteiger partial charge in [0, 0.05) is 18.6 Å². The number of hydrogen-bond acceptors (Lipinski definition) is 3. The number of benzene rings is 1.